The van der Waals surface area contributed by atoms with Crippen molar-refractivity contribution >= 4 is 11.9 Å². The van der Waals surface area contributed by atoms with Gasteiger partial charge in [-0.3, -0.25) is 0 Å². The van der Waals surface area contributed by atoms with Crippen LogP contribution in [0, 0.1) is 0 Å². The summed E-state index contributed by atoms with van der Waals surface area (Å²) in [4.78, 5) is 17.7. The maximum atomic E-state index is 13.0. The van der Waals surface area contributed by atoms with Crippen LogP contribution in [0.15, 0.2) is 88.5 Å². The zero-order valence-electron chi connectivity index (χ0n) is 14.9. The van der Waals surface area contributed by atoms with E-state index in [2.05, 4.69) is 0 Å². The third-order valence-electron chi connectivity index (χ3n) is 4.64. The van der Waals surface area contributed by atoms with Crippen molar-refractivity contribution in [1.29, 1.82) is 0 Å². The van der Waals surface area contributed by atoms with Crippen LogP contribution >= 0.6 is 0 Å². The molecule has 1 aliphatic heterocycles. The van der Waals surface area contributed by atoms with Gasteiger partial charge in [0.1, 0.15) is 5.76 Å². The number of esters is 1. The van der Waals surface area contributed by atoms with Gasteiger partial charge in [0.25, 0.3) is 0 Å². The van der Waals surface area contributed by atoms with Crippen molar-refractivity contribution in [1.82, 2.24) is 0 Å². The predicted octanol–water partition coefficient (Wildman–Crippen LogP) is 3.95. The summed E-state index contributed by atoms with van der Waals surface area (Å²) in [5.41, 5.74) is 0.494. The number of carbonyl (C=O) groups excluding carboxylic acids is 1. The first-order valence-electron chi connectivity index (χ1n) is 8.70. The number of rotatable bonds is 5. The molecule has 27 heavy (non-hydrogen) atoms. The third kappa shape index (κ3) is 3.12. The average molecular weight is 361 g/mol. The molecule has 0 amide bonds. The number of benzene rings is 2. The van der Waals surface area contributed by atoms with Gasteiger partial charge >= 0.3 is 5.97 Å². The van der Waals surface area contributed by atoms with Crippen molar-refractivity contribution < 1.29 is 18.7 Å². The van der Waals surface area contributed by atoms with Crippen LogP contribution < -0.4 is 0 Å². The van der Waals surface area contributed by atoms with Crippen LogP contribution in [-0.2, 0) is 20.7 Å². The largest absolute Gasteiger partial charge is 0.467 e. The highest BCUT2D eigenvalue weighted by molar-refractivity contribution is 5.99. The summed E-state index contributed by atoms with van der Waals surface area (Å²) >= 11 is 0. The van der Waals surface area contributed by atoms with Gasteiger partial charge in [-0.1, -0.05) is 48.5 Å². The van der Waals surface area contributed by atoms with E-state index in [9.17, 15) is 4.79 Å². The number of hydrogen-bond donors (Lipinski definition) is 0. The maximum absolute atomic E-state index is 13.0. The van der Waals surface area contributed by atoms with Crippen molar-refractivity contribution in [3.63, 3.8) is 0 Å². The van der Waals surface area contributed by atoms with E-state index in [0.29, 0.717) is 18.1 Å². The second-order valence-electron chi connectivity index (χ2n) is 6.37. The Kier molecular flexibility index (Phi) is 4.50. The summed E-state index contributed by atoms with van der Waals surface area (Å²) < 4.78 is 16.9. The van der Waals surface area contributed by atoms with E-state index in [0.717, 1.165) is 11.1 Å². The summed E-state index contributed by atoms with van der Waals surface area (Å²) in [5, 5.41) is 0. The Hall–Kier alpha value is -3.34. The lowest BCUT2D eigenvalue weighted by molar-refractivity contribution is -0.150. The molecule has 4 rings (SSSR count). The minimum Gasteiger partial charge on any atom is -0.467 e. The van der Waals surface area contributed by atoms with Crippen LogP contribution in [-0.4, -0.2) is 24.5 Å². The van der Waals surface area contributed by atoms with Gasteiger partial charge in [-0.25, -0.2) is 9.79 Å². The molecule has 0 N–H and O–H groups in total. The van der Waals surface area contributed by atoms with Crippen LogP contribution in [0.4, 0.5) is 0 Å². The molecule has 3 aromatic rings. The number of aliphatic imine (C=N–C) groups is 1. The zero-order chi connectivity index (χ0) is 18.7. The predicted molar refractivity (Wildman–Crippen MR) is 100 cm³/mol. The van der Waals surface area contributed by atoms with Gasteiger partial charge in [-0.15, -0.1) is 0 Å². The standard InChI is InChI=1S/C22H19NO4/c1-25-21(24)22(15-16-9-4-2-5-10-16)19(18-13-8-14-26-18)27-20(23-22)17-11-6-3-7-12-17/h2-14,19H,15H2,1H3/t19-,22-/m0/s1. The van der Waals surface area contributed by atoms with Gasteiger partial charge in [-0.2, -0.15) is 0 Å². The topological polar surface area (TPSA) is 61.0 Å². The molecule has 1 aromatic heterocycles. The molecule has 5 heteroatoms. The smallest absolute Gasteiger partial charge is 0.338 e. The molecular formula is C22H19NO4. The number of ether oxygens (including phenoxy) is 2. The normalized spacial score (nSPS) is 21.4. The number of hydrogen-bond acceptors (Lipinski definition) is 5. The van der Waals surface area contributed by atoms with E-state index in [4.69, 9.17) is 18.9 Å². The molecule has 0 bridgehead atoms. The van der Waals surface area contributed by atoms with Crippen molar-refractivity contribution in [2.75, 3.05) is 7.11 Å². The van der Waals surface area contributed by atoms with Crippen LogP contribution in [0.2, 0.25) is 0 Å². The van der Waals surface area contributed by atoms with E-state index in [-0.39, 0.29) is 0 Å². The third-order valence-corrected chi connectivity index (χ3v) is 4.64. The average Bonchev–Trinajstić information content (AvgIpc) is 3.37. The first-order chi connectivity index (χ1) is 13.2. The molecule has 0 saturated carbocycles. The van der Waals surface area contributed by atoms with E-state index < -0.39 is 17.6 Å². The monoisotopic (exact) mass is 361 g/mol. The molecule has 2 aromatic carbocycles. The molecule has 2 atom stereocenters. The van der Waals surface area contributed by atoms with Crippen molar-refractivity contribution in [3.8, 4) is 0 Å². The van der Waals surface area contributed by atoms with E-state index >= 15 is 0 Å². The highest BCUT2D eigenvalue weighted by Gasteiger charge is 2.55. The van der Waals surface area contributed by atoms with Gasteiger partial charge in [0.15, 0.2) is 6.10 Å². The Morgan fingerprint density at radius 1 is 1.04 bits per heavy atom. The highest BCUT2D eigenvalue weighted by atomic mass is 16.5. The second-order valence-corrected chi connectivity index (χ2v) is 6.37. The molecule has 0 saturated heterocycles. The quantitative estimate of drug-likeness (QED) is 0.646. The summed E-state index contributed by atoms with van der Waals surface area (Å²) in [5.74, 6) is 0.475. The molecule has 5 nitrogen and oxygen atoms in total. The molecule has 1 aliphatic rings. The lowest BCUT2D eigenvalue weighted by atomic mass is 9.85. The lowest BCUT2D eigenvalue weighted by Crippen LogP contribution is -2.43. The van der Waals surface area contributed by atoms with E-state index in [1.807, 2.05) is 60.7 Å². The fourth-order valence-corrected chi connectivity index (χ4v) is 3.36. The summed E-state index contributed by atoms with van der Waals surface area (Å²) in [7, 11) is 1.37. The van der Waals surface area contributed by atoms with Gasteiger partial charge < -0.3 is 13.9 Å². The van der Waals surface area contributed by atoms with E-state index in [1.54, 1.807) is 18.4 Å². The van der Waals surface area contributed by atoms with Crippen molar-refractivity contribution in [2.45, 2.75) is 18.1 Å². The molecule has 0 fully saturated rings. The lowest BCUT2D eigenvalue weighted by Gasteiger charge is -2.27. The van der Waals surface area contributed by atoms with E-state index in [1.165, 1.54) is 7.11 Å². The van der Waals surface area contributed by atoms with Gasteiger partial charge in [0.05, 0.1) is 13.4 Å². The number of methoxy groups -OCH3 is 1. The summed E-state index contributed by atoms with van der Waals surface area (Å²) in [6.07, 6.45) is 1.18. The number of nitrogens with zero attached hydrogens (tertiary/aromatic N) is 1. The first kappa shape index (κ1) is 17.1. The fraction of sp³-hybridized carbons (Fsp3) is 0.182. The summed E-state index contributed by atoms with van der Waals surface area (Å²) in [6.45, 7) is 0. The Morgan fingerprint density at radius 2 is 1.74 bits per heavy atom. The molecule has 136 valence electrons. The first-order valence-corrected chi connectivity index (χ1v) is 8.70. The molecule has 0 radical (unpaired) electrons. The minimum absolute atomic E-state index is 0.336. The van der Waals surface area contributed by atoms with Crippen LogP contribution in [0.5, 0.6) is 0 Å². The second kappa shape index (κ2) is 7.11. The molecular weight excluding hydrogens is 342 g/mol. The van der Waals surface area contributed by atoms with Crippen LogP contribution in [0.25, 0.3) is 0 Å². The zero-order valence-corrected chi connectivity index (χ0v) is 14.9. The Balaban J connectivity index is 1.84. The Labute approximate surface area is 157 Å². The van der Waals surface area contributed by atoms with Gasteiger partial charge in [0.2, 0.25) is 11.4 Å². The highest BCUT2D eigenvalue weighted by Crippen LogP contribution is 2.43. The Morgan fingerprint density at radius 3 is 2.37 bits per heavy atom. The molecule has 2 heterocycles. The van der Waals surface area contributed by atoms with Crippen LogP contribution in [0.1, 0.15) is 23.0 Å². The van der Waals surface area contributed by atoms with Crippen molar-refractivity contribution in [2.24, 2.45) is 4.99 Å². The molecule has 0 aliphatic carbocycles. The fourth-order valence-electron chi connectivity index (χ4n) is 3.36. The minimum atomic E-state index is -1.26. The maximum Gasteiger partial charge on any atom is 0.338 e. The SMILES string of the molecule is COC(=O)[C@@]1(Cc2ccccc2)N=C(c2ccccc2)O[C@H]1c1ccco1. The summed E-state index contributed by atoms with van der Waals surface area (Å²) in [6, 6.07) is 22.8. The van der Waals surface area contributed by atoms with Crippen LogP contribution in [0.3, 0.4) is 0 Å². The molecule has 0 unspecified atom stereocenters. The van der Waals surface area contributed by atoms with Gasteiger partial charge in [0, 0.05) is 12.0 Å². The Bertz CT molecular complexity index is 935. The van der Waals surface area contributed by atoms with Crippen molar-refractivity contribution in [3.05, 3.63) is 95.9 Å². The number of furan rings is 1. The van der Waals surface area contributed by atoms with Gasteiger partial charge in [-0.05, 0) is 29.8 Å². The molecule has 0 spiro atoms. The number of carbonyl (C=O) groups is 1.